The predicted octanol–water partition coefficient (Wildman–Crippen LogP) is 1.53. The second-order valence-corrected chi connectivity index (χ2v) is 5.47. The number of ether oxygens (including phenoxy) is 2. The van der Waals surface area contributed by atoms with Crippen molar-refractivity contribution >= 4 is 11.7 Å². The Bertz CT molecular complexity index is 687. The fourth-order valence-corrected chi connectivity index (χ4v) is 2.38. The number of hydrogen-bond acceptors (Lipinski definition) is 7. The summed E-state index contributed by atoms with van der Waals surface area (Å²) in [6.07, 6.45) is 2.43. The van der Waals surface area contributed by atoms with E-state index in [1.807, 2.05) is 23.1 Å². The first-order valence-electron chi connectivity index (χ1n) is 7.98. The number of nitrogens with zero attached hydrogens (tertiary/aromatic N) is 4. The van der Waals surface area contributed by atoms with Crippen molar-refractivity contribution in [3.8, 4) is 5.88 Å². The number of rotatable bonds is 6. The first-order valence-corrected chi connectivity index (χ1v) is 7.98. The summed E-state index contributed by atoms with van der Waals surface area (Å²) < 4.78 is 11.1. The molecule has 0 N–H and O–H groups in total. The van der Waals surface area contributed by atoms with Gasteiger partial charge in [0.05, 0.1) is 19.8 Å². The van der Waals surface area contributed by atoms with Gasteiger partial charge in [-0.05, 0) is 12.1 Å². The minimum atomic E-state index is -0.110. The quantitative estimate of drug-likeness (QED) is 0.744. The molecule has 0 aliphatic carbocycles. The number of hydrogen-bond donors (Lipinski definition) is 0. The molecule has 7 heteroatoms. The van der Waals surface area contributed by atoms with E-state index < -0.39 is 0 Å². The van der Waals surface area contributed by atoms with Crippen LogP contribution in [0.5, 0.6) is 5.88 Å². The Morgan fingerprint density at radius 1 is 1.29 bits per heavy atom. The van der Waals surface area contributed by atoms with Crippen molar-refractivity contribution in [1.82, 2.24) is 15.0 Å². The van der Waals surface area contributed by atoms with E-state index in [1.54, 1.807) is 12.3 Å². The minimum absolute atomic E-state index is 0.110. The average molecular weight is 328 g/mol. The molecule has 0 radical (unpaired) electrons. The first-order chi connectivity index (χ1) is 11.7. The summed E-state index contributed by atoms with van der Waals surface area (Å²) in [5.74, 6) is 0.813. The van der Waals surface area contributed by atoms with Crippen LogP contribution in [0.15, 0.2) is 30.5 Å². The topological polar surface area (TPSA) is 77.4 Å². The highest BCUT2D eigenvalue weighted by atomic mass is 16.5. The van der Waals surface area contributed by atoms with E-state index in [2.05, 4.69) is 15.0 Å². The molecule has 2 aromatic heterocycles. The Morgan fingerprint density at radius 3 is 2.83 bits per heavy atom. The van der Waals surface area contributed by atoms with Crippen LogP contribution in [0.3, 0.4) is 0 Å². The van der Waals surface area contributed by atoms with Crippen molar-refractivity contribution in [1.29, 1.82) is 0 Å². The number of pyridine rings is 1. The summed E-state index contributed by atoms with van der Waals surface area (Å²) in [7, 11) is 0. The molecule has 1 fully saturated rings. The zero-order valence-corrected chi connectivity index (χ0v) is 13.6. The Labute approximate surface area is 140 Å². The molecule has 0 unspecified atom stereocenters. The van der Waals surface area contributed by atoms with Gasteiger partial charge in [-0.3, -0.25) is 9.78 Å². The van der Waals surface area contributed by atoms with Crippen LogP contribution in [0, 0.1) is 0 Å². The highest BCUT2D eigenvalue weighted by molar-refractivity contribution is 5.92. The molecule has 0 amide bonds. The standard InChI is InChI=1S/C17H20N4O3/c1-13(22)15-12-16(24-9-5-14-4-2-3-6-18-14)20-17(19-15)21-7-10-23-11-8-21/h2-4,6,12H,5,7-11H2,1H3. The zero-order chi connectivity index (χ0) is 16.8. The van der Waals surface area contributed by atoms with Gasteiger partial charge < -0.3 is 14.4 Å². The van der Waals surface area contributed by atoms with Crippen molar-refractivity contribution in [3.63, 3.8) is 0 Å². The van der Waals surface area contributed by atoms with Crippen LogP contribution in [-0.2, 0) is 11.2 Å². The van der Waals surface area contributed by atoms with Crippen molar-refractivity contribution < 1.29 is 14.3 Å². The average Bonchev–Trinajstić information content (AvgIpc) is 2.63. The van der Waals surface area contributed by atoms with Crippen LogP contribution in [-0.4, -0.2) is 53.6 Å². The van der Waals surface area contributed by atoms with E-state index in [0.717, 1.165) is 5.69 Å². The molecule has 126 valence electrons. The van der Waals surface area contributed by atoms with Gasteiger partial charge in [-0.25, -0.2) is 4.98 Å². The van der Waals surface area contributed by atoms with Gasteiger partial charge in [-0.2, -0.15) is 4.98 Å². The predicted molar refractivity (Wildman–Crippen MR) is 88.5 cm³/mol. The molecule has 1 aliphatic heterocycles. The van der Waals surface area contributed by atoms with Gasteiger partial charge in [0.1, 0.15) is 5.69 Å². The molecule has 1 aliphatic rings. The van der Waals surface area contributed by atoms with Crippen LogP contribution in [0.1, 0.15) is 23.1 Å². The molecule has 0 bridgehead atoms. The van der Waals surface area contributed by atoms with Crippen LogP contribution in [0.2, 0.25) is 0 Å². The lowest BCUT2D eigenvalue weighted by Gasteiger charge is -2.27. The lowest BCUT2D eigenvalue weighted by Crippen LogP contribution is -2.37. The highest BCUT2D eigenvalue weighted by Crippen LogP contribution is 2.17. The van der Waals surface area contributed by atoms with Gasteiger partial charge in [-0.1, -0.05) is 6.07 Å². The van der Waals surface area contributed by atoms with Crippen LogP contribution < -0.4 is 9.64 Å². The second-order valence-electron chi connectivity index (χ2n) is 5.47. The molecule has 0 aromatic carbocycles. The fraction of sp³-hybridized carbons (Fsp3) is 0.412. The summed E-state index contributed by atoms with van der Waals surface area (Å²) >= 11 is 0. The molecule has 7 nitrogen and oxygen atoms in total. The number of aromatic nitrogens is 3. The summed E-state index contributed by atoms with van der Waals surface area (Å²) in [4.78, 5) is 26.8. The van der Waals surface area contributed by atoms with Gasteiger partial charge in [0.25, 0.3) is 0 Å². The summed E-state index contributed by atoms with van der Waals surface area (Å²) in [5.41, 5.74) is 1.31. The Morgan fingerprint density at radius 2 is 2.12 bits per heavy atom. The SMILES string of the molecule is CC(=O)c1cc(OCCc2ccccn2)nc(N2CCOCC2)n1. The maximum absolute atomic E-state index is 11.7. The number of Topliss-reactive ketones (excluding diaryl/α,β-unsaturated/α-hetero) is 1. The third kappa shape index (κ3) is 4.26. The van der Waals surface area contributed by atoms with E-state index in [1.165, 1.54) is 6.92 Å². The summed E-state index contributed by atoms with van der Waals surface area (Å²) in [6, 6.07) is 7.36. The number of anilines is 1. The highest BCUT2D eigenvalue weighted by Gasteiger charge is 2.17. The Kier molecular flexibility index (Phi) is 5.32. The molecular weight excluding hydrogens is 308 g/mol. The number of morpholine rings is 1. The molecule has 3 rings (SSSR count). The Hall–Kier alpha value is -2.54. The molecule has 0 saturated carbocycles. The third-order valence-electron chi connectivity index (χ3n) is 3.68. The van der Waals surface area contributed by atoms with E-state index in [0.29, 0.717) is 56.9 Å². The summed E-state index contributed by atoms with van der Waals surface area (Å²) in [6.45, 7) is 4.59. The number of ketones is 1. The van der Waals surface area contributed by atoms with Crippen molar-refractivity contribution in [2.45, 2.75) is 13.3 Å². The summed E-state index contributed by atoms with van der Waals surface area (Å²) in [5, 5.41) is 0. The van der Waals surface area contributed by atoms with Gasteiger partial charge >= 0.3 is 0 Å². The third-order valence-corrected chi connectivity index (χ3v) is 3.68. The van der Waals surface area contributed by atoms with Crippen LogP contribution >= 0.6 is 0 Å². The normalized spacial score (nSPS) is 14.5. The minimum Gasteiger partial charge on any atom is -0.477 e. The zero-order valence-electron chi connectivity index (χ0n) is 13.6. The molecule has 0 atom stereocenters. The molecular formula is C17H20N4O3. The van der Waals surface area contributed by atoms with E-state index in [-0.39, 0.29) is 5.78 Å². The number of carbonyl (C=O) groups is 1. The van der Waals surface area contributed by atoms with Crippen molar-refractivity contribution in [3.05, 3.63) is 41.9 Å². The molecule has 24 heavy (non-hydrogen) atoms. The largest absolute Gasteiger partial charge is 0.477 e. The van der Waals surface area contributed by atoms with E-state index in [4.69, 9.17) is 9.47 Å². The molecule has 1 saturated heterocycles. The van der Waals surface area contributed by atoms with Gasteiger partial charge in [-0.15, -0.1) is 0 Å². The van der Waals surface area contributed by atoms with Crippen molar-refractivity contribution in [2.75, 3.05) is 37.8 Å². The molecule has 2 aromatic rings. The maximum Gasteiger partial charge on any atom is 0.229 e. The van der Waals surface area contributed by atoms with Gasteiger partial charge in [0.15, 0.2) is 5.78 Å². The van der Waals surface area contributed by atoms with Gasteiger partial charge in [0, 0.05) is 44.4 Å². The Balaban J connectivity index is 1.71. The van der Waals surface area contributed by atoms with Crippen LogP contribution in [0.25, 0.3) is 0 Å². The second kappa shape index (κ2) is 7.83. The van der Waals surface area contributed by atoms with Crippen LogP contribution in [0.4, 0.5) is 5.95 Å². The van der Waals surface area contributed by atoms with E-state index >= 15 is 0 Å². The van der Waals surface area contributed by atoms with E-state index in [9.17, 15) is 4.79 Å². The molecule has 3 heterocycles. The monoisotopic (exact) mass is 328 g/mol. The maximum atomic E-state index is 11.7. The lowest BCUT2D eigenvalue weighted by molar-refractivity contribution is 0.101. The first kappa shape index (κ1) is 16.3. The molecule has 0 spiro atoms. The fourth-order valence-electron chi connectivity index (χ4n) is 2.38. The lowest BCUT2D eigenvalue weighted by atomic mass is 10.3. The van der Waals surface area contributed by atoms with Crippen molar-refractivity contribution in [2.24, 2.45) is 0 Å². The van der Waals surface area contributed by atoms with Gasteiger partial charge in [0.2, 0.25) is 11.8 Å². The number of carbonyl (C=O) groups excluding carboxylic acids is 1. The smallest absolute Gasteiger partial charge is 0.229 e.